The lowest BCUT2D eigenvalue weighted by molar-refractivity contribution is 0.267. The van der Waals surface area contributed by atoms with Crippen LogP contribution in [-0.4, -0.2) is 0 Å². The molecule has 0 aliphatic heterocycles. The van der Waals surface area contributed by atoms with Gasteiger partial charge >= 0.3 is 0 Å². The zero-order valence-corrected chi connectivity index (χ0v) is 9.16. The first kappa shape index (κ1) is 9.22. The van der Waals surface area contributed by atoms with Gasteiger partial charge in [0.15, 0.2) is 0 Å². The first-order valence-corrected chi connectivity index (χ1v) is 5.82. The van der Waals surface area contributed by atoms with Crippen LogP contribution in [0.15, 0.2) is 6.07 Å². The van der Waals surface area contributed by atoms with Crippen LogP contribution >= 0.6 is 11.3 Å². The average molecular weight is 195 g/mol. The molecule has 0 saturated heterocycles. The molecule has 0 amide bonds. The molecule has 1 aromatic heterocycles. The molecular weight excluding hydrogens is 178 g/mol. The van der Waals surface area contributed by atoms with E-state index in [1.807, 2.05) is 11.3 Å². The molecule has 1 heterocycles. The first-order valence-electron chi connectivity index (χ1n) is 5.01. The lowest BCUT2D eigenvalue weighted by atomic mass is 9.79. The lowest BCUT2D eigenvalue weighted by Crippen LogP contribution is -2.25. The third kappa shape index (κ3) is 1.65. The van der Waals surface area contributed by atoms with Gasteiger partial charge < -0.3 is 5.73 Å². The number of hydrogen-bond acceptors (Lipinski definition) is 2. The van der Waals surface area contributed by atoms with Crippen LogP contribution in [0.2, 0.25) is 0 Å². The number of nitrogens with two attached hydrogens (primary N) is 1. The Kier molecular flexibility index (Phi) is 2.43. The maximum atomic E-state index is 6.19. The van der Waals surface area contributed by atoms with E-state index in [1.54, 1.807) is 0 Å². The predicted octanol–water partition coefficient (Wildman–Crippen LogP) is 3.16. The molecule has 1 aliphatic carbocycles. The summed E-state index contributed by atoms with van der Waals surface area (Å²) in [6, 6.07) is 2.58. The van der Waals surface area contributed by atoms with Gasteiger partial charge in [0.2, 0.25) is 0 Å². The molecule has 1 saturated carbocycles. The molecule has 13 heavy (non-hydrogen) atoms. The summed E-state index contributed by atoms with van der Waals surface area (Å²) in [5.74, 6) is 0.762. The summed E-state index contributed by atoms with van der Waals surface area (Å²) >= 11 is 1.88. The van der Waals surface area contributed by atoms with Crippen molar-refractivity contribution in [1.82, 2.24) is 0 Å². The first-order chi connectivity index (χ1) is 6.18. The summed E-state index contributed by atoms with van der Waals surface area (Å²) in [6.45, 7) is 4.35. The van der Waals surface area contributed by atoms with Crippen LogP contribution in [0.1, 0.15) is 40.6 Å². The van der Waals surface area contributed by atoms with Gasteiger partial charge in [-0.25, -0.2) is 0 Å². The predicted molar refractivity (Wildman–Crippen MR) is 58.1 cm³/mol. The van der Waals surface area contributed by atoms with E-state index in [-0.39, 0.29) is 0 Å². The Morgan fingerprint density at radius 1 is 1.46 bits per heavy atom. The van der Waals surface area contributed by atoms with Gasteiger partial charge in [-0.05, 0) is 44.2 Å². The van der Waals surface area contributed by atoms with Gasteiger partial charge in [0.25, 0.3) is 0 Å². The molecule has 0 aromatic carbocycles. The zero-order chi connectivity index (χ0) is 9.42. The highest BCUT2D eigenvalue weighted by atomic mass is 32.1. The summed E-state index contributed by atoms with van der Waals surface area (Å²) in [5, 5.41) is 0. The van der Waals surface area contributed by atoms with E-state index >= 15 is 0 Å². The monoisotopic (exact) mass is 195 g/mol. The van der Waals surface area contributed by atoms with Crippen LogP contribution in [0.3, 0.4) is 0 Å². The van der Waals surface area contributed by atoms with Crippen molar-refractivity contribution in [2.45, 2.75) is 39.2 Å². The van der Waals surface area contributed by atoms with Crippen LogP contribution in [0.25, 0.3) is 0 Å². The van der Waals surface area contributed by atoms with Gasteiger partial charge in [-0.2, -0.15) is 0 Å². The maximum absolute atomic E-state index is 6.19. The summed E-state index contributed by atoms with van der Waals surface area (Å²) in [4.78, 5) is 2.81. The van der Waals surface area contributed by atoms with Crippen LogP contribution in [0.5, 0.6) is 0 Å². The second-order valence-corrected chi connectivity index (χ2v) is 5.39. The summed E-state index contributed by atoms with van der Waals surface area (Å²) in [5.41, 5.74) is 7.59. The zero-order valence-electron chi connectivity index (χ0n) is 8.34. The molecule has 2 heteroatoms. The van der Waals surface area contributed by atoms with E-state index < -0.39 is 0 Å². The Labute approximate surface area is 84.0 Å². The molecule has 1 unspecified atom stereocenters. The van der Waals surface area contributed by atoms with Crippen LogP contribution in [0, 0.1) is 19.8 Å². The molecule has 1 aliphatic rings. The Balaban J connectivity index is 2.14. The molecule has 2 rings (SSSR count). The molecule has 72 valence electrons. The third-order valence-corrected chi connectivity index (χ3v) is 4.43. The van der Waals surface area contributed by atoms with Crippen molar-refractivity contribution in [2.24, 2.45) is 11.7 Å². The van der Waals surface area contributed by atoms with Crippen molar-refractivity contribution < 1.29 is 0 Å². The minimum absolute atomic E-state index is 0.311. The van der Waals surface area contributed by atoms with E-state index in [4.69, 9.17) is 5.73 Å². The van der Waals surface area contributed by atoms with Gasteiger partial charge in [0, 0.05) is 15.8 Å². The Morgan fingerprint density at radius 2 is 2.15 bits per heavy atom. The molecule has 1 atom stereocenters. The number of aryl methyl sites for hydroxylation is 2. The largest absolute Gasteiger partial charge is 0.323 e. The topological polar surface area (TPSA) is 26.0 Å². The highest BCUT2D eigenvalue weighted by Gasteiger charge is 2.26. The Bertz CT molecular complexity index is 280. The minimum atomic E-state index is 0.311. The van der Waals surface area contributed by atoms with Crippen molar-refractivity contribution in [1.29, 1.82) is 0 Å². The van der Waals surface area contributed by atoms with Crippen LogP contribution in [-0.2, 0) is 0 Å². The van der Waals surface area contributed by atoms with Crippen molar-refractivity contribution in [3.05, 3.63) is 21.4 Å². The number of thiophene rings is 1. The van der Waals surface area contributed by atoms with E-state index in [1.165, 1.54) is 34.6 Å². The second kappa shape index (κ2) is 3.43. The molecule has 0 radical (unpaired) electrons. The summed E-state index contributed by atoms with van der Waals surface area (Å²) in [6.07, 6.45) is 4.04. The van der Waals surface area contributed by atoms with E-state index in [0.717, 1.165) is 5.92 Å². The minimum Gasteiger partial charge on any atom is -0.323 e. The fraction of sp³-hybridized carbons (Fsp3) is 0.636. The summed E-state index contributed by atoms with van der Waals surface area (Å²) in [7, 11) is 0. The quantitative estimate of drug-likeness (QED) is 0.770. The molecule has 1 fully saturated rings. The van der Waals surface area contributed by atoms with Gasteiger partial charge in [-0.3, -0.25) is 0 Å². The van der Waals surface area contributed by atoms with E-state index in [9.17, 15) is 0 Å². The molecular formula is C11H17NS. The maximum Gasteiger partial charge on any atom is 0.0418 e. The average Bonchev–Trinajstić information content (AvgIpc) is 2.28. The highest BCUT2D eigenvalue weighted by Crippen LogP contribution is 2.39. The van der Waals surface area contributed by atoms with Gasteiger partial charge in [-0.1, -0.05) is 6.42 Å². The Morgan fingerprint density at radius 3 is 2.54 bits per heavy atom. The van der Waals surface area contributed by atoms with Crippen molar-refractivity contribution in [3.63, 3.8) is 0 Å². The van der Waals surface area contributed by atoms with Crippen molar-refractivity contribution >= 4 is 11.3 Å². The molecule has 2 N–H and O–H groups in total. The second-order valence-electron chi connectivity index (χ2n) is 4.10. The van der Waals surface area contributed by atoms with Crippen molar-refractivity contribution in [3.8, 4) is 0 Å². The van der Waals surface area contributed by atoms with Crippen LogP contribution < -0.4 is 5.73 Å². The molecule has 0 bridgehead atoms. The molecule has 0 spiro atoms. The smallest absolute Gasteiger partial charge is 0.0418 e. The van der Waals surface area contributed by atoms with Gasteiger partial charge in [-0.15, -0.1) is 11.3 Å². The normalized spacial score (nSPS) is 19.9. The number of hydrogen-bond donors (Lipinski definition) is 1. The lowest BCUT2D eigenvalue weighted by Gasteiger charge is -2.30. The van der Waals surface area contributed by atoms with Gasteiger partial charge in [0.1, 0.15) is 0 Å². The summed E-state index contributed by atoms with van der Waals surface area (Å²) < 4.78 is 0. The number of rotatable bonds is 2. The SMILES string of the molecule is Cc1cc(C(N)C2CCC2)sc1C. The van der Waals surface area contributed by atoms with Crippen LogP contribution in [0.4, 0.5) is 0 Å². The fourth-order valence-corrected chi connectivity index (χ4v) is 2.93. The Hall–Kier alpha value is -0.340. The standard InChI is InChI=1S/C11H17NS/c1-7-6-10(13-8(7)2)11(12)9-4-3-5-9/h6,9,11H,3-5,12H2,1-2H3. The van der Waals surface area contributed by atoms with Gasteiger partial charge in [0.05, 0.1) is 0 Å². The van der Waals surface area contributed by atoms with Crippen molar-refractivity contribution in [2.75, 3.05) is 0 Å². The molecule has 1 aromatic rings. The fourth-order valence-electron chi connectivity index (χ4n) is 1.80. The van der Waals surface area contributed by atoms with E-state index in [0.29, 0.717) is 6.04 Å². The van der Waals surface area contributed by atoms with E-state index in [2.05, 4.69) is 19.9 Å². The highest BCUT2D eigenvalue weighted by molar-refractivity contribution is 7.12. The third-order valence-electron chi connectivity index (χ3n) is 3.17. The molecule has 1 nitrogen and oxygen atoms in total.